The van der Waals surface area contributed by atoms with Gasteiger partial charge in [0.1, 0.15) is 13.1 Å². The Labute approximate surface area is 145 Å². The standard InChI is InChI=1S/C18H19N3O4/c22-18(19-15-7-4-8-16(13-15)21(23)24)17(14-5-2-1-3-6-14)20-9-11-25-12-10-20/h1-8,13,17H,9-12H2,(H,19,22)/p+1/t17-/m0/s1. The quantitative estimate of drug-likeness (QED) is 0.631. The summed E-state index contributed by atoms with van der Waals surface area (Å²) in [5.41, 5.74) is 1.29. The lowest BCUT2D eigenvalue weighted by Gasteiger charge is -2.30. The van der Waals surface area contributed by atoms with Gasteiger partial charge in [0.05, 0.1) is 18.1 Å². The molecule has 7 heteroatoms. The third-order valence-corrected chi connectivity index (χ3v) is 4.26. The van der Waals surface area contributed by atoms with Gasteiger partial charge in [-0.2, -0.15) is 0 Å². The molecule has 2 aromatic rings. The van der Waals surface area contributed by atoms with E-state index in [4.69, 9.17) is 4.74 Å². The normalized spacial score (nSPS) is 16.2. The van der Waals surface area contributed by atoms with Gasteiger partial charge in [-0.15, -0.1) is 0 Å². The van der Waals surface area contributed by atoms with Crippen LogP contribution in [0.1, 0.15) is 11.6 Å². The van der Waals surface area contributed by atoms with Gasteiger partial charge in [0.2, 0.25) is 0 Å². The number of nitro benzene ring substituents is 1. The lowest BCUT2D eigenvalue weighted by atomic mass is 10.0. The van der Waals surface area contributed by atoms with Gasteiger partial charge in [-0.25, -0.2) is 0 Å². The molecule has 0 radical (unpaired) electrons. The summed E-state index contributed by atoms with van der Waals surface area (Å²) < 4.78 is 5.40. The van der Waals surface area contributed by atoms with Crippen molar-refractivity contribution in [2.75, 3.05) is 31.6 Å². The van der Waals surface area contributed by atoms with E-state index in [0.29, 0.717) is 18.9 Å². The highest BCUT2D eigenvalue weighted by Gasteiger charge is 2.33. The average Bonchev–Trinajstić information content (AvgIpc) is 2.64. The Morgan fingerprint density at radius 1 is 1.12 bits per heavy atom. The molecule has 0 saturated carbocycles. The summed E-state index contributed by atoms with van der Waals surface area (Å²) in [6, 6.07) is 15.2. The van der Waals surface area contributed by atoms with Crippen molar-refractivity contribution in [2.45, 2.75) is 6.04 Å². The number of quaternary nitrogens is 1. The molecule has 0 unspecified atom stereocenters. The Morgan fingerprint density at radius 2 is 1.84 bits per heavy atom. The molecule has 1 atom stereocenters. The van der Waals surface area contributed by atoms with Crippen LogP contribution in [0.3, 0.4) is 0 Å². The highest BCUT2D eigenvalue weighted by atomic mass is 16.6. The number of amides is 1. The van der Waals surface area contributed by atoms with Crippen LogP contribution in [0.4, 0.5) is 11.4 Å². The lowest BCUT2D eigenvalue weighted by molar-refractivity contribution is -0.929. The van der Waals surface area contributed by atoms with Crippen molar-refractivity contribution in [3.05, 3.63) is 70.3 Å². The summed E-state index contributed by atoms with van der Waals surface area (Å²) >= 11 is 0. The van der Waals surface area contributed by atoms with Gasteiger partial charge in [-0.05, 0) is 6.07 Å². The van der Waals surface area contributed by atoms with E-state index in [0.717, 1.165) is 23.6 Å². The van der Waals surface area contributed by atoms with Gasteiger partial charge in [0.15, 0.2) is 6.04 Å². The molecule has 3 rings (SSSR count). The summed E-state index contributed by atoms with van der Waals surface area (Å²) in [7, 11) is 0. The number of nitrogens with zero attached hydrogens (tertiary/aromatic N) is 1. The molecular formula is C18H20N3O4+. The number of anilines is 1. The van der Waals surface area contributed by atoms with Crippen molar-refractivity contribution >= 4 is 17.3 Å². The Balaban J connectivity index is 1.84. The molecule has 0 bridgehead atoms. The largest absolute Gasteiger partial charge is 0.370 e. The molecule has 7 nitrogen and oxygen atoms in total. The number of benzene rings is 2. The fraction of sp³-hybridized carbons (Fsp3) is 0.278. The van der Waals surface area contributed by atoms with Gasteiger partial charge in [-0.1, -0.05) is 36.4 Å². The van der Waals surface area contributed by atoms with E-state index in [9.17, 15) is 14.9 Å². The third-order valence-electron chi connectivity index (χ3n) is 4.26. The zero-order chi connectivity index (χ0) is 17.6. The second-order valence-electron chi connectivity index (χ2n) is 5.91. The van der Waals surface area contributed by atoms with E-state index in [-0.39, 0.29) is 17.6 Å². The number of ether oxygens (including phenoxy) is 1. The zero-order valence-electron chi connectivity index (χ0n) is 13.7. The minimum atomic E-state index is -0.475. The molecule has 1 aliphatic rings. The van der Waals surface area contributed by atoms with Crippen LogP contribution in [-0.4, -0.2) is 37.1 Å². The van der Waals surface area contributed by atoms with Gasteiger partial charge in [0, 0.05) is 23.4 Å². The number of carbonyl (C=O) groups is 1. The number of nitrogens with one attached hydrogen (secondary N) is 2. The first-order chi connectivity index (χ1) is 12.1. The number of non-ortho nitro benzene ring substituents is 1. The van der Waals surface area contributed by atoms with Crippen molar-refractivity contribution in [3.8, 4) is 0 Å². The molecule has 1 saturated heterocycles. The molecule has 2 N–H and O–H groups in total. The van der Waals surface area contributed by atoms with Crippen molar-refractivity contribution in [2.24, 2.45) is 0 Å². The van der Waals surface area contributed by atoms with E-state index in [1.165, 1.54) is 12.1 Å². The van der Waals surface area contributed by atoms with Crippen molar-refractivity contribution in [3.63, 3.8) is 0 Å². The highest BCUT2D eigenvalue weighted by molar-refractivity contribution is 5.94. The number of rotatable bonds is 5. The van der Waals surface area contributed by atoms with E-state index in [1.807, 2.05) is 30.3 Å². The van der Waals surface area contributed by atoms with Crippen LogP contribution < -0.4 is 10.2 Å². The molecule has 1 heterocycles. The molecular weight excluding hydrogens is 322 g/mol. The molecule has 1 aliphatic heterocycles. The van der Waals surface area contributed by atoms with Crippen molar-refractivity contribution in [1.29, 1.82) is 0 Å². The minimum absolute atomic E-state index is 0.0484. The SMILES string of the molecule is O=C(Nc1cccc([N+](=O)[O-])c1)[C@H](c1ccccc1)[NH+]1CCOCC1. The van der Waals surface area contributed by atoms with E-state index in [2.05, 4.69) is 5.32 Å². The fourth-order valence-electron chi connectivity index (χ4n) is 3.05. The van der Waals surface area contributed by atoms with Crippen LogP contribution in [-0.2, 0) is 9.53 Å². The van der Waals surface area contributed by atoms with E-state index in [1.54, 1.807) is 12.1 Å². The van der Waals surface area contributed by atoms with Crippen LogP contribution in [0.5, 0.6) is 0 Å². The predicted octanol–water partition coefficient (Wildman–Crippen LogP) is 1.19. The topological polar surface area (TPSA) is 85.9 Å². The number of morpholine rings is 1. The summed E-state index contributed by atoms with van der Waals surface area (Å²) in [6.45, 7) is 2.70. The van der Waals surface area contributed by atoms with Gasteiger partial charge in [0.25, 0.3) is 11.6 Å². The molecule has 25 heavy (non-hydrogen) atoms. The Hall–Kier alpha value is -2.77. The van der Waals surface area contributed by atoms with Crippen LogP contribution in [0.25, 0.3) is 0 Å². The smallest absolute Gasteiger partial charge is 0.287 e. The molecule has 0 aromatic heterocycles. The maximum absolute atomic E-state index is 13.0. The van der Waals surface area contributed by atoms with Gasteiger partial charge in [-0.3, -0.25) is 14.9 Å². The molecule has 1 amide bonds. The van der Waals surface area contributed by atoms with Crippen LogP contribution >= 0.6 is 0 Å². The zero-order valence-corrected chi connectivity index (χ0v) is 13.7. The molecule has 0 aliphatic carbocycles. The summed E-state index contributed by atoms with van der Waals surface area (Å²) in [5, 5.41) is 13.7. The van der Waals surface area contributed by atoms with Crippen LogP contribution in [0.2, 0.25) is 0 Å². The fourth-order valence-corrected chi connectivity index (χ4v) is 3.05. The Morgan fingerprint density at radius 3 is 2.52 bits per heavy atom. The maximum Gasteiger partial charge on any atom is 0.287 e. The molecule has 0 spiro atoms. The maximum atomic E-state index is 13.0. The summed E-state index contributed by atoms with van der Waals surface area (Å²) in [6.07, 6.45) is 0. The second kappa shape index (κ2) is 7.87. The molecule has 130 valence electrons. The summed E-state index contributed by atoms with van der Waals surface area (Å²) in [5.74, 6) is -0.177. The Kier molecular flexibility index (Phi) is 5.37. The molecule has 2 aromatic carbocycles. The molecule has 1 fully saturated rings. The lowest BCUT2D eigenvalue weighted by Crippen LogP contribution is -3.15. The number of hydrogen-bond acceptors (Lipinski definition) is 4. The van der Waals surface area contributed by atoms with Crippen molar-refractivity contribution < 1.29 is 19.4 Å². The minimum Gasteiger partial charge on any atom is -0.370 e. The first-order valence-electron chi connectivity index (χ1n) is 8.18. The monoisotopic (exact) mass is 342 g/mol. The third kappa shape index (κ3) is 4.20. The van der Waals surface area contributed by atoms with E-state index >= 15 is 0 Å². The number of carbonyl (C=O) groups excluding carboxylic acids is 1. The number of hydrogen-bond donors (Lipinski definition) is 2. The van der Waals surface area contributed by atoms with Gasteiger partial charge < -0.3 is 15.0 Å². The van der Waals surface area contributed by atoms with Crippen molar-refractivity contribution in [1.82, 2.24) is 0 Å². The predicted molar refractivity (Wildman–Crippen MR) is 92.4 cm³/mol. The number of nitro groups is 1. The van der Waals surface area contributed by atoms with E-state index < -0.39 is 4.92 Å². The summed E-state index contributed by atoms with van der Waals surface area (Å²) in [4.78, 5) is 24.5. The Bertz CT molecular complexity index is 745. The van der Waals surface area contributed by atoms with Crippen LogP contribution in [0.15, 0.2) is 54.6 Å². The first kappa shape index (κ1) is 17.1. The van der Waals surface area contributed by atoms with Crippen LogP contribution in [0, 0.1) is 10.1 Å². The van der Waals surface area contributed by atoms with Gasteiger partial charge >= 0.3 is 0 Å². The highest BCUT2D eigenvalue weighted by Crippen LogP contribution is 2.19. The first-order valence-corrected chi connectivity index (χ1v) is 8.18. The average molecular weight is 342 g/mol. The second-order valence-corrected chi connectivity index (χ2v) is 5.91.